The van der Waals surface area contributed by atoms with Gasteiger partial charge in [0, 0.05) is 19.2 Å². The van der Waals surface area contributed by atoms with E-state index in [1.54, 1.807) is 30.3 Å². The second kappa shape index (κ2) is 11.8. The summed E-state index contributed by atoms with van der Waals surface area (Å²) < 4.78 is 16.7. The molecule has 0 saturated carbocycles. The number of methoxy groups -OCH3 is 1. The normalized spacial score (nSPS) is 16.7. The summed E-state index contributed by atoms with van der Waals surface area (Å²) in [6.45, 7) is 5.24. The Morgan fingerprint density at radius 2 is 1.68 bits per heavy atom. The summed E-state index contributed by atoms with van der Waals surface area (Å²) in [5.41, 5.74) is 3.30. The predicted octanol–water partition coefficient (Wildman–Crippen LogP) is 5.04. The third kappa shape index (κ3) is 5.84. The maximum absolute atomic E-state index is 13.2. The van der Waals surface area contributed by atoms with Crippen LogP contribution in [0.25, 0.3) is 5.76 Å². The van der Waals surface area contributed by atoms with Crippen molar-refractivity contribution in [2.24, 2.45) is 0 Å². The monoisotopic (exact) mass is 501 g/mol. The van der Waals surface area contributed by atoms with E-state index in [1.807, 2.05) is 56.3 Å². The molecule has 1 N–H and O–H groups in total. The van der Waals surface area contributed by atoms with Gasteiger partial charge in [-0.15, -0.1) is 0 Å². The average Bonchev–Trinajstić information content (AvgIpc) is 3.17. The molecule has 37 heavy (non-hydrogen) atoms. The Kier molecular flexibility index (Phi) is 8.25. The third-order valence-electron chi connectivity index (χ3n) is 6.21. The summed E-state index contributed by atoms with van der Waals surface area (Å²) in [5, 5.41) is 11.2. The van der Waals surface area contributed by atoms with Crippen molar-refractivity contribution in [2.75, 3.05) is 26.9 Å². The largest absolute Gasteiger partial charge is 0.507 e. The van der Waals surface area contributed by atoms with Crippen LogP contribution in [0, 0.1) is 6.92 Å². The van der Waals surface area contributed by atoms with Crippen molar-refractivity contribution in [1.29, 1.82) is 0 Å². The van der Waals surface area contributed by atoms with Crippen molar-refractivity contribution in [3.05, 3.63) is 101 Å². The number of nitrogens with zero attached hydrogens (tertiary/aromatic N) is 1. The highest BCUT2D eigenvalue weighted by molar-refractivity contribution is 6.46. The molecule has 1 fully saturated rings. The number of benzene rings is 3. The number of ether oxygens (including phenoxy) is 3. The second-order valence-electron chi connectivity index (χ2n) is 8.79. The van der Waals surface area contributed by atoms with Crippen LogP contribution in [-0.2, 0) is 20.9 Å². The van der Waals surface area contributed by atoms with Crippen LogP contribution in [0.1, 0.15) is 35.2 Å². The number of likely N-dealkylation sites (tertiary alicyclic amines) is 1. The maximum Gasteiger partial charge on any atom is 0.295 e. The molecule has 1 atom stereocenters. The highest BCUT2D eigenvalue weighted by atomic mass is 16.5. The molecule has 0 radical (unpaired) electrons. The van der Waals surface area contributed by atoms with Gasteiger partial charge in [-0.25, -0.2) is 0 Å². The topological polar surface area (TPSA) is 85.3 Å². The smallest absolute Gasteiger partial charge is 0.295 e. The van der Waals surface area contributed by atoms with E-state index < -0.39 is 17.7 Å². The average molecular weight is 502 g/mol. The van der Waals surface area contributed by atoms with Gasteiger partial charge in [-0.2, -0.15) is 0 Å². The molecule has 1 heterocycles. The van der Waals surface area contributed by atoms with Gasteiger partial charge in [0.1, 0.15) is 23.9 Å². The quantitative estimate of drug-likeness (QED) is 0.238. The predicted molar refractivity (Wildman–Crippen MR) is 140 cm³/mol. The van der Waals surface area contributed by atoms with Gasteiger partial charge in [0.15, 0.2) is 0 Å². The van der Waals surface area contributed by atoms with Gasteiger partial charge in [0.25, 0.3) is 11.7 Å². The summed E-state index contributed by atoms with van der Waals surface area (Å²) in [7, 11) is 1.53. The highest BCUT2D eigenvalue weighted by Crippen LogP contribution is 2.40. The van der Waals surface area contributed by atoms with Crippen LogP contribution < -0.4 is 9.47 Å². The molecule has 1 amide bonds. The lowest BCUT2D eigenvalue weighted by molar-refractivity contribution is -0.140. The first-order valence-electron chi connectivity index (χ1n) is 12.2. The van der Waals surface area contributed by atoms with Crippen LogP contribution in [-0.4, -0.2) is 48.6 Å². The lowest BCUT2D eigenvalue weighted by Gasteiger charge is -2.25. The van der Waals surface area contributed by atoms with Gasteiger partial charge in [-0.3, -0.25) is 9.59 Å². The molecular formula is C30H31NO6. The van der Waals surface area contributed by atoms with Crippen molar-refractivity contribution in [1.82, 2.24) is 4.90 Å². The van der Waals surface area contributed by atoms with Crippen LogP contribution in [0.2, 0.25) is 0 Å². The minimum atomic E-state index is -0.787. The van der Waals surface area contributed by atoms with E-state index in [0.29, 0.717) is 35.8 Å². The fraction of sp³-hybridized carbons (Fsp3) is 0.267. The molecule has 3 aromatic carbocycles. The molecule has 7 nitrogen and oxygen atoms in total. The molecule has 4 rings (SSSR count). The standard InChI is InChI=1S/C30H31NO6/c1-4-36-24-14-12-22(13-15-24)28(32)26-27(31(16-17-35-3)30(34)29(26)33)23-6-5-7-25(18-23)37-19-21-10-8-20(2)9-11-21/h5-15,18,27,32H,4,16-17,19H2,1-3H3/b28-26-. The van der Waals surface area contributed by atoms with Crippen LogP contribution in [0.15, 0.2) is 78.4 Å². The maximum atomic E-state index is 13.2. The Hall–Kier alpha value is -4.10. The molecule has 1 aliphatic heterocycles. The SMILES string of the molecule is CCOc1ccc(/C(O)=C2/C(=O)C(=O)N(CCOC)C2c2cccc(OCc3ccc(C)cc3)c2)cc1. The summed E-state index contributed by atoms with van der Waals surface area (Å²) in [4.78, 5) is 27.6. The molecule has 192 valence electrons. The summed E-state index contributed by atoms with van der Waals surface area (Å²) in [6, 6.07) is 21.3. The number of Topliss-reactive ketones (excluding diaryl/α,β-unsaturated/α-hetero) is 1. The minimum absolute atomic E-state index is 0.0287. The van der Waals surface area contributed by atoms with E-state index in [2.05, 4.69) is 0 Å². The molecule has 1 aliphatic rings. The highest BCUT2D eigenvalue weighted by Gasteiger charge is 2.46. The van der Waals surface area contributed by atoms with Gasteiger partial charge in [0.2, 0.25) is 0 Å². The van der Waals surface area contributed by atoms with E-state index in [-0.39, 0.29) is 24.5 Å². The fourth-order valence-corrected chi connectivity index (χ4v) is 4.30. The molecule has 0 aliphatic carbocycles. The van der Waals surface area contributed by atoms with Crippen LogP contribution >= 0.6 is 0 Å². The van der Waals surface area contributed by atoms with Crippen LogP contribution in [0.3, 0.4) is 0 Å². The van der Waals surface area contributed by atoms with Gasteiger partial charge < -0.3 is 24.2 Å². The van der Waals surface area contributed by atoms with Gasteiger partial charge in [-0.1, -0.05) is 42.0 Å². The molecule has 0 aromatic heterocycles. The lowest BCUT2D eigenvalue weighted by Crippen LogP contribution is -2.32. The zero-order valence-corrected chi connectivity index (χ0v) is 21.3. The first-order valence-corrected chi connectivity index (χ1v) is 12.2. The van der Waals surface area contributed by atoms with Gasteiger partial charge in [-0.05, 0) is 61.4 Å². The zero-order chi connectivity index (χ0) is 26.4. The molecule has 1 unspecified atom stereocenters. The number of hydrogen-bond acceptors (Lipinski definition) is 6. The number of rotatable bonds is 10. The lowest BCUT2D eigenvalue weighted by atomic mass is 9.95. The number of carbonyl (C=O) groups excluding carboxylic acids is 2. The van der Waals surface area contributed by atoms with Crippen molar-refractivity contribution in [3.8, 4) is 11.5 Å². The Labute approximate surface area is 216 Å². The van der Waals surface area contributed by atoms with Crippen molar-refractivity contribution < 1.29 is 28.9 Å². The number of aliphatic hydroxyl groups is 1. The molecule has 0 bridgehead atoms. The van der Waals surface area contributed by atoms with Gasteiger partial charge in [0.05, 0.1) is 24.8 Å². The van der Waals surface area contributed by atoms with Crippen LogP contribution in [0.4, 0.5) is 0 Å². The fourth-order valence-electron chi connectivity index (χ4n) is 4.30. The van der Waals surface area contributed by atoms with Crippen molar-refractivity contribution >= 4 is 17.4 Å². The van der Waals surface area contributed by atoms with Crippen LogP contribution in [0.5, 0.6) is 11.5 Å². The second-order valence-corrected chi connectivity index (χ2v) is 8.79. The Bertz CT molecular complexity index is 1280. The third-order valence-corrected chi connectivity index (χ3v) is 6.21. The molecule has 0 spiro atoms. The number of carbonyl (C=O) groups is 2. The van der Waals surface area contributed by atoms with E-state index >= 15 is 0 Å². The number of hydrogen-bond donors (Lipinski definition) is 1. The summed E-state index contributed by atoms with van der Waals surface area (Å²) in [6.07, 6.45) is 0. The first-order chi connectivity index (χ1) is 17.9. The Balaban J connectivity index is 1.70. The summed E-state index contributed by atoms with van der Waals surface area (Å²) in [5.74, 6) is -0.415. The molecule has 3 aromatic rings. The van der Waals surface area contributed by atoms with E-state index in [9.17, 15) is 14.7 Å². The Morgan fingerprint density at radius 1 is 0.946 bits per heavy atom. The van der Waals surface area contributed by atoms with Gasteiger partial charge >= 0.3 is 0 Å². The van der Waals surface area contributed by atoms with E-state index in [0.717, 1.165) is 5.56 Å². The molecule has 7 heteroatoms. The molecular weight excluding hydrogens is 470 g/mol. The number of ketones is 1. The van der Waals surface area contributed by atoms with E-state index in [4.69, 9.17) is 14.2 Å². The van der Waals surface area contributed by atoms with Crippen molar-refractivity contribution in [2.45, 2.75) is 26.5 Å². The number of aliphatic hydroxyl groups excluding tert-OH is 1. The number of aryl methyl sites for hydroxylation is 1. The zero-order valence-electron chi connectivity index (χ0n) is 21.3. The minimum Gasteiger partial charge on any atom is -0.507 e. The summed E-state index contributed by atoms with van der Waals surface area (Å²) >= 11 is 0. The van der Waals surface area contributed by atoms with E-state index in [1.165, 1.54) is 17.6 Å². The van der Waals surface area contributed by atoms with Crippen molar-refractivity contribution in [3.63, 3.8) is 0 Å². The first kappa shape index (κ1) is 26.0. The Morgan fingerprint density at radius 3 is 2.35 bits per heavy atom. The number of amides is 1. The molecule has 1 saturated heterocycles.